The molecular formula is C14H15N5O2. The Morgan fingerprint density at radius 1 is 1.33 bits per heavy atom. The molecule has 0 saturated carbocycles. The Bertz CT molecular complexity index is 829. The molecule has 108 valence electrons. The van der Waals surface area contributed by atoms with E-state index >= 15 is 0 Å². The van der Waals surface area contributed by atoms with Crippen LogP contribution in [0.5, 0.6) is 0 Å². The quantitative estimate of drug-likeness (QED) is 0.752. The zero-order chi connectivity index (χ0) is 14.8. The number of aryl methyl sites for hydroxylation is 2. The summed E-state index contributed by atoms with van der Waals surface area (Å²) in [6.45, 7) is 0.337. The number of nitrogens with one attached hydrogen (secondary N) is 2. The van der Waals surface area contributed by atoms with Crippen LogP contribution < -0.4 is 11.0 Å². The standard InChI is InChI=1S/C14H15N5O2/c1-18-11-4-2-3-5-12(11)19(14(18)21)7-6-13(20)17-10-8-15-16-9-10/h2-5,8-9H,6-7H2,1H3,(H,15,16)(H,17,20). The van der Waals surface area contributed by atoms with Crippen LogP contribution >= 0.6 is 0 Å². The molecule has 0 aliphatic heterocycles. The molecular weight excluding hydrogens is 270 g/mol. The molecule has 3 aromatic rings. The molecule has 2 heterocycles. The number of anilines is 1. The molecule has 2 aromatic heterocycles. The number of hydrogen-bond acceptors (Lipinski definition) is 3. The molecule has 0 saturated heterocycles. The first-order valence-electron chi connectivity index (χ1n) is 6.59. The Morgan fingerprint density at radius 3 is 2.81 bits per heavy atom. The fourth-order valence-electron chi connectivity index (χ4n) is 2.34. The van der Waals surface area contributed by atoms with Gasteiger partial charge in [0.15, 0.2) is 0 Å². The van der Waals surface area contributed by atoms with Gasteiger partial charge in [0.05, 0.1) is 22.9 Å². The Labute approximate surface area is 120 Å². The van der Waals surface area contributed by atoms with Gasteiger partial charge in [-0.1, -0.05) is 12.1 Å². The van der Waals surface area contributed by atoms with E-state index in [2.05, 4.69) is 15.5 Å². The van der Waals surface area contributed by atoms with Crippen LogP contribution in [0.4, 0.5) is 5.69 Å². The number of hydrogen-bond donors (Lipinski definition) is 2. The van der Waals surface area contributed by atoms with Gasteiger partial charge in [-0.25, -0.2) is 4.79 Å². The maximum absolute atomic E-state index is 12.2. The molecule has 0 unspecified atom stereocenters. The average Bonchev–Trinajstić information content (AvgIpc) is 3.07. The fourth-order valence-corrected chi connectivity index (χ4v) is 2.34. The van der Waals surface area contributed by atoms with E-state index in [9.17, 15) is 9.59 Å². The second-order valence-corrected chi connectivity index (χ2v) is 4.77. The Balaban J connectivity index is 1.78. The van der Waals surface area contributed by atoms with Gasteiger partial charge in [-0.05, 0) is 12.1 Å². The van der Waals surface area contributed by atoms with Gasteiger partial charge in [-0.3, -0.25) is 19.0 Å². The molecule has 7 heteroatoms. The Kier molecular flexibility index (Phi) is 3.31. The van der Waals surface area contributed by atoms with Gasteiger partial charge in [-0.15, -0.1) is 0 Å². The summed E-state index contributed by atoms with van der Waals surface area (Å²) >= 11 is 0. The van der Waals surface area contributed by atoms with E-state index in [1.54, 1.807) is 22.4 Å². The number of amides is 1. The molecule has 0 fully saturated rings. The normalized spacial score (nSPS) is 10.9. The highest BCUT2D eigenvalue weighted by Gasteiger charge is 2.11. The molecule has 0 radical (unpaired) electrons. The van der Waals surface area contributed by atoms with Crippen molar-refractivity contribution in [2.24, 2.45) is 7.05 Å². The van der Waals surface area contributed by atoms with E-state index in [1.165, 1.54) is 6.20 Å². The maximum Gasteiger partial charge on any atom is 0.328 e. The summed E-state index contributed by atoms with van der Waals surface area (Å²) in [6.07, 6.45) is 3.35. The number of aromatic amines is 1. The molecule has 0 bridgehead atoms. The number of carbonyl (C=O) groups excluding carboxylic acids is 1. The third-order valence-corrected chi connectivity index (χ3v) is 3.40. The van der Waals surface area contributed by atoms with E-state index < -0.39 is 0 Å². The summed E-state index contributed by atoms with van der Waals surface area (Å²) < 4.78 is 3.20. The number of aromatic nitrogens is 4. The average molecular weight is 285 g/mol. The number of imidazole rings is 1. The third kappa shape index (κ3) is 2.45. The first-order chi connectivity index (χ1) is 10.2. The largest absolute Gasteiger partial charge is 0.328 e. The number of rotatable bonds is 4. The van der Waals surface area contributed by atoms with Crippen molar-refractivity contribution in [1.29, 1.82) is 0 Å². The molecule has 1 aromatic carbocycles. The highest BCUT2D eigenvalue weighted by molar-refractivity contribution is 5.90. The molecule has 0 aliphatic carbocycles. The van der Waals surface area contributed by atoms with E-state index in [0.29, 0.717) is 12.2 Å². The second kappa shape index (κ2) is 5.28. The molecule has 0 aliphatic rings. The van der Waals surface area contributed by atoms with E-state index in [0.717, 1.165) is 11.0 Å². The van der Waals surface area contributed by atoms with Crippen LogP contribution in [0.3, 0.4) is 0 Å². The van der Waals surface area contributed by atoms with Crippen molar-refractivity contribution in [2.75, 3.05) is 5.32 Å². The first-order valence-corrected chi connectivity index (χ1v) is 6.59. The number of para-hydroxylation sites is 2. The third-order valence-electron chi connectivity index (χ3n) is 3.40. The van der Waals surface area contributed by atoms with Crippen LogP contribution in [-0.4, -0.2) is 25.2 Å². The predicted molar refractivity (Wildman–Crippen MR) is 79.0 cm³/mol. The lowest BCUT2D eigenvalue weighted by atomic mass is 10.3. The zero-order valence-corrected chi connectivity index (χ0v) is 11.5. The molecule has 21 heavy (non-hydrogen) atoms. The summed E-state index contributed by atoms with van der Waals surface area (Å²) in [5.41, 5.74) is 2.19. The smallest absolute Gasteiger partial charge is 0.323 e. The molecule has 3 rings (SSSR count). The van der Waals surface area contributed by atoms with Crippen molar-refractivity contribution in [3.63, 3.8) is 0 Å². The molecule has 2 N–H and O–H groups in total. The van der Waals surface area contributed by atoms with Gasteiger partial charge in [-0.2, -0.15) is 5.10 Å². The minimum Gasteiger partial charge on any atom is -0.323 e. The van der Waals surface area contributed by atoms with Crippen LogP contribution in [0.25, 0.3) is 11.0 Å². The first kappa shape index (κ1) is 13.2. The van der Waals surface area contributed by atoms with Gasteiger partial charge < -0.3 is 5.32 Å². The minimum atomic E-state index is -0.156. The SMILES string of the molecule is Cn1c(=O)n(CCC(=O)Nc2cn[nH]c2)c2ccccc21. The van der Waals surface area contributed by atoms with Crippen molar-refractivity contribution >= 4 is 22.6 Å². The zero-order valence-electron chi connectivity index (χ0n) is 11.5. The number of fused-ring (bicyclic) bond motifs is 1. The number of benzene rings is 1. The van der Waals surface area contributed by atoms with Gasteiger partial charge in [0.1, 0.15) is 0 Å². The predicted octanol–water partition coefficient (Wildman–Crippen LogP) is 1.09. The highest BCUT2D eigenvalue weighted by atomic mass is 16.2. The summed E-state index contributed by atoms with van der Waals surface area (Å²) in [6, 6.07) is 7.53. The summed E-state index contributed by atoms with van der Waals surface area (Å²) in [5, 5.41) is 9.09. The van der Waals surface area contributed by atoms with Crippen LogP contribution in [0, 0.1) is 0 Å². The Hall–Kier alpha value is -2.83. The molecule has 0 spiro atoms. The van der Waals surface area contributed by atoms with E-state index in [-0.39, 0.29) is 18.0 Å². The van der Waals surface area contributed by atoms with Crippen molar-refractivity contribution in [1.82, 2.24) is 19.3 Å². The van der Waals surface area contributed by atoms with Gasteiger partial charge in [0.25, 0.3) is 0 Å². The lowest BCUT2D eigenvalue weighted by Gasteiger charge is -2.04. The van der Waals surface area contributed by atoms with Crippen molar-refractivity contribution in [2.45, 2.75) is 13.0 Å². The second-order valence-electron chi connectivity index (χ2n) is 4.77. The van der Waals surface area contributed by atoms with Crippen molar-refractivity contribution in [3.05, 3.63) is 47.1 Å². The van der Waals surface area contributed by atoms with E-state index in [4.69, 9.17) is 0 Å². The summed E-state index contributed by atoms with van der Waals surface area (Å²) in [7, 11) is 1.73. The van der Waals surface area contributed by atoms with Crippen LogP contribution in [0.15, 0.2) is 41.5 Å². The highest BCUT2D eigenvalue weighted by Crippen LogP contribution is 2.12. The van der Waals surface area contributed by atoms with Crippen molar-refractivity contribution < 1.29 is 4.79 Å². The number of carbonyl (C=O) groups is 1. The maximum atomic E-state index is 12.2. The van der Waals surface area contributed by atoms with Gasteiger partial charge in [0, 0.05) is 26.2 Å². The summed E-state index contributed by atoms with van der Waals surface area (Å²) in [5.74, 6) is -0.156. The monoisotopic (exact) mass is 285 g/mol. The topological polar surface area (TPSA) is 84.7 Å². The molecule has 0 atom stereocenters. The van der Waals surface area contributed by atoms with Crippen LogP contribution in [0.1, 0.15) is 6.42 Å². The molecule has 1 amide bonds. The van der Waals surface area contributed by atoms with Crippen LogP contribution in [-0.2, 0) is 18.4 Å². The lowest BCUT2D eigenvalue weighted by Crippen LogP contribution is -2.24. The Morgan fingerprint density at radius 2 is 2.10 bits per heavy atom. The fraction of sp³-hybridized carbons (Fsp3) is 0.214. The van der Waals surface area contributed by atoms with Gasteiger partial charge in [0.2, 0.25) is 5.91 Å². The van der Waals surface area contributed by atoms with Crippen molar-refractivity contribution in [3.8, 4) is 0 Å². The lowest BCUT2D eigenvalue weighted by molar-refractivity contribution is -0.116. The van der Waals surface area contributed by atoms with Crippen LogP contribution in [0.2, 0.25) is 0 Å². The summed E-state index contributed by atoms with van der Waals surface area (Å²) in [4.78, 5) is 24.1. The van der Waals surface area contributed by atoms with E-state index in [1.807, 2.05) is 24.3 Å². The van der Waals surface area contributed by atoms with Gasteiger partial charge >= 0.3 is 5.69 Å². The molecule has 7 nitrogen and oxygen atoms in total. The number of H-pyrrole nitrogens is 1. The minimum absolute atomic E-state index is 0.118. The number of nitrogens with zero attached hydrogens (tertiary/aromatic N) is 3.